The van der Waals surface area contributed by atoms with E-state index in [0.717, 1.165) is 39.0 Å². The van der Waals surface area contributed by atoms with Crippen molar-refractivity contribution in [3.05, 3.63) is 216 Å². The van der Waals surface area contributed by atoms with Gasteiger partial charge in [0.25, 0.3) is 0 Å². The Hall–Kier alpha value is -6.64. The van der Waals surface area contributed by atoms with Gasteiger partial charge in [-0.3, -0.25) is 0 Å². The standard InChI is InChI=1S/C50H35NO/c1-3-4-18-37-33(2)50(42-23-11-8-19-38(42)39-20-9-12-24-43(39)50)44-25-15-26-45(48(37)44)51(36-31-29-35(30-32-36)34-16-6-5-7-17-34)46-27-14-22-41-40-21-10-13-28-47(40)52-49(41)46/h3-32H,1H2,2H3/b18-4-. The minimum absolute atomic E-state index is 0.437. The number of hydrogen-bond donors (Lipinski definition) is 0. The van der Waals surface area contributed by atoms with E-state index in [4.69, 9.17) is 4.42 Å². The van der Waals surface area contributed by atoms with E-state index in [2.05, 4.69) is 188 Å². The summed E-state index contributed by atoms with van der Waals surface area (Å²) in [6, 6.07) is 59.1. The maximum absolute atomic E-state index is 6.74. The Kier molecular flexibility index (Phi) is 6.81. The van der Waals surface area contributed by atoms with Gasteiger partial charge in [-0.2, -0.15) is 0 Å². The highest BCUT2D eigenvalue weighted by Crippen LogP contribution is 2.63. The lowest BCUT2D eigenvalue weighted by Crippen LogP contribution is -2.26. The topological polar surface area (TPSA) is 16.4 Å². The Morgan fingerprint density at radius 3 is 1.90 bits per heavy atom. The summed E-state index contributed by atoms with van der Waals surface area (Å²) in [6.45, 7) is 6.40. The molecule has 0 atom stereocenters. The predicted octanol–water partition coefficient (Wildman–Crippen LogP) is 13.6. The number of anilines is 3. The highest BCUT2D eigenvalue weighted by atomic mass is 16.3. The van der Waals surface area contributed by atoms with Crippen molar-refractivity contribution < 1.29 is 4.42 Å². The smallest absolute Gasteiger partial charge is 0.159 e. The monoisotopic (exact) mass is 665 g/mol. The van der Waals surface area contributed by atoms with E-state index in [1.54, 1.807) is 0 Å². The van der Waals surface area contributed by atoms with Crippen molar-refractivity contribution in [1.29, 1.82) is 0 Å². The van der Waals surface area contributed by atoms with Crippen LogP contribution in [-0.4, -0.2) is 0 Å². The number of rotatable bonds is 6. The first-order valence-corrected chi connectivity index (χ1v) is 17.9. The van der Waals surface area contributed by atoms with Crippen molar-refractivity contribution in [3.8, 4) is 22.3 Å². The second kappa shape index (κ2) is 11.7. The fourth-order valence-corrected chi connectivity index (χ4v) is 8.97. The summed E-state index contributed by atoms with van der Waals surface area (Å²) in [5.41, 5.74) is 17.1. The Morgan fingerprint density at radius 2 is 1.15 bits per heavy atom. The largest absolute Gasteiger partial charge is 0.454 e. The molecule has 0 bridgehead atoms. The van der Waals surface area contributed by atoms with Crippen LogP contribution in [0.3, 0.4) is 0 Å². The summed E-state index contributed by atoms with van der Waals surface area (Å²) in [7, 11) is 0. The molecule has 0 aliphatic heterocycles. The molecular weight excluding hydrogens is 631 g/mol. The first kappa shape index (κ1) is 30.2. The van der Waals surface area contributed by atoms with Gasteiger partial charge >= 0.3 is 0 Å². The molecule has 1 heterocycles. The van der Waals surface area contributed by atoms with Crippen molar-refractivity contribution in [2.75, 3.05) is 4.90 Å². The van der Waals surface area contributed by atoms with Crippen LogP contribution in [0.5, 0.6) is 0 Å². The molecule has 2 aliphatic carbocycles. The number of nitrogens with zero attached hydrogens (tertiary/aromatic N) is 1. The second-order valence-corrected chi connectivity index (χ2v) is 13.7. The fraction of sp³-hybridized carbons (Fsp3) is 0.0400. The third-order valence-electron chi connectivity index (χ3n) is 11.1. The van der Waals surface area contributed by atoms with E-state index >= 15 is 0 Å². The van der Waals surface area contributed by atoms with Gasteiger partial charge < -0.3 is 9.32 Å². The zero-order valence-electron chi connectivity index (χ0n) is 28.9. The van der Waals surface area contributed by atoms with Crippen LogP contribution < -0.4 is 4.90 Å². The van der Waals surface area contributed by atoms with Crippen molar-refractivity contribution in [1.82, 2.24) is 0 Å². The Balaban J connectivity index is 1.29. The molecule has 2 aliphatic rings. The maximum Gasteiger partial charge on any atom is 0.159 e. The van der Waals surface area contributed by atoms with Crippen LogP contribution in [0.4, 0.5) is 17.1 Å². The predicted molar refractivity (Wildman–Crippen MR) is 218 cm³/mol. The molecule has 1 spiro atoms. The van der Waals surface area contributed by atoms with Crippen LogP contribution in [0.2, 0.25) is 0 Å². The van der Waals surface area contributed by atoms with Gasteiger partial charge in [-0.15, -0.1) is 0 Å². The minimum Gasteiger partial charge on any atom is -0.454 e. The van der Waals surface area contributed by atoms with E-state index in [1.807, 2.05) is 12.1 Å². The second-order valence-electron chi connectivity index (χ2n) is 13.7. The molecule has 0 saturated carbocycles. The number of fused-ring (bicyclic) bond motifs is 10. The summed E-state index contributed by atoms with van der Waals surface area (Å²) >= 11 is 0. The zero-order valence-corrected chi connectivity index (χ0v) is 28.9. The summed E-state index contributed by atoms with van der Waals surface area (Å²) in [4.78, 5) is 2.40. The normalized spacial score (nSPS) is 13.9. The van der Waals surface area contributed by atoms with Crippen LogP contribution in [-0.2, 0) is 5.41 Å². The van der Waals surface area contributed by atoms with Crippen LogP contribution in [0.25, 0.3) is 49.8 Å². The van der Waals surface area contributed by atoms with E-state index in [-0.39, 0.29) is 0 Å². The van der Waals surface area contributed by atoms with E-state index in [9.17, 15) is 0 Å². The summed E-state index contributed by atoms with van der Waals surface area (Å²) in [5, 5.41) is 2.21. The van der Waals surface area contributed by atoms with Crippen LogP contribution >= 0.6 is 0 Å². The van der Waals surface area contributed by atoms with E-state index < -0.39 is 5.41 Å². The van der Waals surface area contributed by atoms with Crippen molar-refractivity contribution >= 4 is 44.6 Å². The van der Waals surface area contributed by atoms with Crippen LogP contribution in [0.15, 0.2) is 199 Å². The molecule has 0 amide bonds. The third kappa shape index (κ3) is 4.18. The van der Waals surface area contributed by atoms with Gasteiger partial charge in [0.1, 0.15) is 5.58 Å². The van der Waals surface area contributed by atoms with Gasteiger partial charge in [-0.25, -0.2) is 0 Å². The molecule has 2 heteroatoms. The molecule has 2 nitrogen and oxygen atoms in total. The zero-order chi connectivity index (χ0) is 34.8. The molecule has 10 rings (SSSR count). The number of benzene rings is 7. The molecule has 0 N–H and O–H groups in total. The molecule has 0 saturated heterocycles. The molecule has 52 heavy (non-hydrogen) atoms. The lowest BCUT2D eigenvalue weighted by molar-refractivity contribution is 0.669. The molecule has 0 unspecified atom stereocenters. The molecule has 7 aromatic carbocycles. The number of hydrogen-bond acceptors (Lipinski definition) is 2. The first-order chi connectivity index (χ1) is 25.7. The minimum atomic E-state index is -0.437. The summed E-state index contributed by atoms with van der Waals surface area (Å²) in [6.07, 6.45) is 6.20. The first-order valence-electron chi connectivity index (χ1n) is 17.9. The molecule has 0 fully saturated rings. The number of para-hydroxylation sites is 2. The molecule has 1 aromatic heterocycles. The molecule has 8 aromatic rings. The SMILES string of the molecule is C=C/C=C\C1=C(C)C2(c3ccccc3-c3ccccc32)c2cccc(N(c3ccc(-c4ccccc4)cc3)c3cccc4c3oc3ccccc34)c21. The van der Waals surface area contributed by atoms with E-state index in [1.165, 1.54) is 55.7 Å². The lowest BCUT2D eigenvalue weighted by Gasteiger charge is -2.32. The Morgan fingerprint density at radius 1 is 0.558 bits per heavy atom. The number of allylic oxidation sites excluding steroid dienone is 5. The maximum atomic E-state index is 6.74. The van der Waals surface area contributed by atoms with Crippen molar-refractivity contribution in [2.24, 2.45) is 0 Å². The molecule has 246 valence electrons. The quantitative estimate of drug-likeness (QED) is 0.164. The third-order valence-corrected chi connectivity index (χ3v) is 11.1. The van der Waals surface area contributed by atoms with Crippen molar-refractivity contribution in [2.45, 2.75) is 12.3 Å². The number of furan rings is 1. The van der Waals surface area contributed by atoms with E-state index in [0.29, 0.717) is 0 Å². The average molecular weight is 666 g/mol. The average Bonchev–Trinajstić information content (AvgIpc) is 3.82. The Labute approximate surface area is 303 Å². The summed E-state index contributed by atoms with van der Waals surface area (Å²) < 4.78 is 6.74. The highest BCUT2D eigenvalue weighted by Gasteiger charge is 2.51. The van der Waals surface area contributed by atoms with Gasteiger partial charge in [0.15, 0.2) is 5.58 Å². The fourth-order valence-electron chi connectivity index (χ4n) is 8.97. The van der Waals surface area contributed by atoms with Gasteiger partial charge in [0, 0.05) is 22.0 Å². The van der Waals surface area contributed by atoms with Gasteiger partial charge in [-0.1, -0.05) is 158 Å². The summed E-state index contributed by atoms with van der Waals surface area (Å²) in [5.74, 6) is 0. The highest BCUT2D eigenvalue weighted by molar-refractivity contribution is 6.11. The van der Waals surface area contributed by atoms with Crippen molar-refractivity contribution in [3.63, 3.8) is 0 Å². The Bertz CT molecular complexity index is 2720. The van der Waals surface area contributed by atoms with Crippen LogP contribution in [0.1, 0.15) is 29.2 Å². The molecule has 0 radical (unpaired) electrons. The van der Waals surface area contributed by atoms with Gasteiger partial charge in [-0.05, 0) is 87.3 Å². The molecular formula is C50H35NO. The van der Waals surface area contributed by atoms with Crippen LogP contribution in [0, 0.1) is 0 Å². The van der Waals surface area contributed by atoms with Gasteiger partial charge in [0.05, 0.1) is 16.8 Å². The lowest BCUT2D eigenvalue weighted by atomic mass is 9.70. The van der Waals surface area contributed by atoms with Gasteiger partial charge in [0.2, 0.25) is 0 Å².